The van der Waals surface area contributed by atoms with E-state index in [4.69, 9.17) is 11.6 Å². The Morgan fingerprint density at radius 1 is 1.53 bits per heavy atom. The highest BCUT2D eigenvalue weighted by molar-refractivity contribution is 6.32. The van der Waals surface area contributed by atoms with Crippen molar-refractivity contribution in [1.29, 1.82) is 0 Å². The van der Waals surface area contributed by atoms with Crippen LogP contribution in [0.4, 0.5) is 8.78 Å². The summed E-state index contributed by atoms with van der Waals surface area (Å²) in [6.07, 6.45) is -0.0248. The molecule has 5 nitrogen and oxygen atoms in total. The van der Waals surface area contributed by atoms with Crippen molar-refractivity contribution in [2.75, 3.05) is 0 Å². The summed E-state index contributed by atoms with van der Waals surface area (Å²) in [4.78, 5) is 15.1. The second-order valence-corrected chi connectivity index (χ2v) is 3.13. The molecule has 0 amide bonds. The normalized spacial score (nSPS) is 11.5. The first-order chi connectivity index (χ1) is 7.09. The maximum Gasteiger partial charge on any atom is 0.350 e. The van der Waals surface area contributed by atoms with Crippen LogP contribution in [0.25, 0.3) is 5.65 Å². The summed E-state index contributed by atoms with van der Waals surface area (Å²) in [6, 6.07) is 0. The van der Waals surface area contributed by atoms with Crippen LogP contribution in [-0.2, 0) is 6.54 Å². The predicted molar refractivity (Wildman–Crippen MR) is 48.3 cm³/mol. The standard InChI is InChI=1S/C7H5ClF2N4O/c8-5-6-12-14(3-4(9)10)7(15)13(6)2-1-11-5/h1-2,4H,3H2. The quantitative estimate of drug-likeness (QED) is 0.773. The first-order valence-corrected chi connectivity index (χ1v) is 4.35. The Kier molecular flexibility index (Phi) is 2.39. The van der Waals surface area contributed by atoms with Gasteiger partial charge in [0, 0.05) is 12.4 Å². The second kappa shape index (κ2) is 3.58. The van der Waals surface area contributed by atoms with Gasteiger partial charge in [-0.15, -0.1) is 5.10 Å². The summed E-state index contributed by atoms with van der Waals surface area (Å²) < 4.78 is 25.9. The van der Waals surface area contributed by atoms with E-state index < -0.39 is 18.7 Å². The molecule has 0 N–H and O–H groups in total. The van der Waals surface area contributed by atoms with Crippen molar-refractivity contribution in [2.45, 2.75) is 13.0 Å². The van der Waals surface area contributed by atoms with Crippen LogP contribution >= 0.6 is 11.6 Å². The maximum atomic E-state index is 12.1. The van der Waals surface area contributed by atoms with Crippen LogP contribution in [0.3, 0.4) is 0 Å². The smallest absolute Gasteiger partial charge is 0.246 e. The molecule has 0 unspecified atom stereocenters. The number of nitrogens with zero attached hydrogens (tertiary/aromatic N) is 4. The Balaban J connectivity index is 2.64. The van der Waals surface area contributed by atoms with Crippen LogP contribution in [0.1, 0.15) is 0 Å². The lowest BCUT2D eigenvalue weighted by molar-refractivity contribution is 0.120. The predicted octanol–water partition coefficient (Wildman–Crippen LogP) is 0.809. The van der Waals surface area contributed by atoms with Gasteiger partial charge in [-0.25, -0.2) is 27.6 Å². The number of halogens is 3. The van der Waals surface area contributed by atoms with Crippen molar-refractivity contribution in [3.63, 3.8) is 0 Å². The average molecular weight is 235 g/mol. The van der Waals surface area contributed by atoms with E-state index in [-0.39, 0.29) is 10.8 Å². The van der Waals surface area contributed by atoms with E-state index in [1.54, 1.807) is 0 Å². The first-order valence-electron chi connectivity index (χ1n) is 3.97. The van der Waals surface area contributed by atoms with E-state index in [1.807, 2.05) is 0 Å². The molecular formula is C7H5ClF2N4O. The largest absolute Gasteiger partial charge is 0.350 e. The lowest BCUT2D eigenvalue weighted by Crippen LogP contribution is -2.24. The zero-order valence-corrected chi connectivity index (χ0v) is 8.03. The van der Waals surface area contributed by atoms with Crippen LogP contribution < -0.4 is 5.69 Å². The minimum atomic E-state index is -2.64. The molecule has 0 fully saturated rings. The van der Waals surface area contributed by atoms with Gasteiger partial charge >= 0.3 is 5.69 Å². The molecule has 0 aromatic carbocycles. The van der Waals surface area contributed by atoms with E-state index in [2.05, 4.69) is 10.1 Å². The molecule has 15 heavy (non-hydrogen) atoms. The highest BCUT2D eigenvalue weighted by Gasteiger charge is 2.13. The summed E-state index contributed by atoms with van der Waals surface area (Å²) in [5.41, 5.74) is -0.584. The minimum Gasteiger partial charge on any atom is -0.246 e. The molecule has 0 bridgehead atoms. The Hall–Kier alpha value is -1.50. The van der Waals surface area contributed by atoms with Crippen molar-refractivity contribution in [2.24, 2.45) is 0 Å². The number of fused-ring (bicyclic) bond motifs is 1. The molecule has 2 rings (SSSR count). The number of rotatable bonds is 2. The van der Waals surface area contributed by atoms with Crippen molar-refractivity contribution in [3.05, 3.63) is 28.0 Å². The number of alkyl halides is 2. The Morgan fingerprint density at radius 3 is 2.87 bits per heavy atom. The fourth-order valence-corrected chi connectivity index (χ4v) is 1.35. The van der Waals surface area contributed by atoms with Gasteiger partial charge in [0.05, 0.1) is 0 Å². The molecule has 8 heteroatoms. The van der Waals surface area contributed by atoms with Gasteiger partial charge in [-0.1, -0.05) is 11.6 Å². The van der Waals surface area contributed by atoms with E-state index >= 15 is 0 Å². The zero-order valence-electron chi connectivity index (χ0n) is 7.27. The lowest BCUT2D eigenvalue weighted by atomic mass is 10.7. The maximum absolute atomic E-state index is 12.1. The number of hydrogen-bond acceptors (Lipinski definition) is 3. The summed E-state index contributed by atoms with van der Waals surface area (Å²) in [6.45, 7) is -0.753. The molecule has 0 aliphatic rings. The van der Waals surface area contributed by atoms with E-state index in [9.17, 15) is 13.6 Å². The summed E-state index contributed by atoms with van der Waals surface area (Å²) in [7, 11) is 0. The van der Waals surface area contributed by atoms with E-state index in [0.717, 1.165) is 4.40 Å². The van der Waals surface area contributed by atoms with Gasteiger partial charge in [-0.3, -0.25) is 0 Å². The fourth-order valence-electron chi connectivity index (χ4n) is 1.17. The third kappa shape index (κ3) is 1.70. The lowest BCUT2D eigenvalue weighted by Gasteiger charge is -1.94. The molecule has 0 spiro atoms. The third-order valence-electron chi connectivity index (χ3n) is 1.77. The highest BCUT2D eigenvalue weighted by Crippen LogP contribution is 2.08. The molecule has 2 heterocycles. The van der Waals surface area contributed by atoms with Gasteiger partial charge < -0.3 is 0 Å². The molecule has 2 aromatic rings. The average Bonchev–Trinajstić information content (AvgIpc) is 2.46. The number of hydrogen-bond donors (Lipinski definition) is 0. The van der Waals surface area contributed by atoms with Crippen LogP contribution in [-0.4, -0.2) is 25.6 Å². The van der Waals surface area contributed by atoms with Crippen LogP contribution in [0, 0.1) is 0 Å². The summed E-state index contributed by atoms with van der Waals surface area (Å²) in [5, 5.41) is 3.65. The monoisotopic (exact) mass is 234 g/mol. The molecule has 0 aliphatic heterocycles. The van der Waals surface area contributed by atoms with E-state index in [1.165, 1.54) is 12.4 Å². The number of aromatic nitrogens is 4. The zero-order chi connectivity index (χ0) is 11.0. The van der Waals surface area contributed by atoms with Crippen LogP contribution in [0.15, 0.2) is 17.2 Å². The Bertz CT molecular complexity index is 549. The van der Waals surface area contributed by atoms with Crippen LogP contribution in [0.2, 0.25) is 5.15 Å². The van der Waals surface area contributed by atoms with Gasteiger partial charge in [0.15, 0.2) is 10.8 Å². The molecule has 0 atom stereocenters. The molecular weight excluding hydrogens is 230 g/mol. The third-order valence-corrected chi connectivity index (χ3v) is 2.04. The van der Waals surface area contributed by atoms with Gasteiger partial charge in [0.2, 0.25) is 0 Å². The molecule has 2 aromatic heterocycles. The highest BCUT2D eigenvalue weighted by atomic mass is 35.5. The second-order valence-electron chi connectivity index (χ2n) is 2.77. The Morgan fingerprint density at radius 2 is 2.27 bits per heavy atom. The topological polar surface area (TPSA) is 52.2 Å². The minimum absolute atomic E-state index is 0.00242. The SMILES string of the molecule is O=c1n(CC(F)F)nc2c(Cl)nccn12. The van der Waals surface area contributed by atoms with Crippen molar-refractivity contribution in [1.82, 2.24) is 19.2 Å². The molecule has 0 aliphatic carbocycles. The van der Waals surface area contributed by atoms with Gasteiger partial charge in [0.1, 0.15) is 6.54 Å². The van der Waals surface area contributed by atoms with Gasteiger partial charge in [0.25, 0.3) is 6.43 Å². The molecule has 0 radical (unpaired) electrons. The molecule has 0 saturated carbocycles. The Labute approximate surface area is 86.9 Å². The summed E-state index contributed by atoms with van der Waals surface area (Å²) in [5.74, 6) is 0. The van der Waals surface area contributed by atoms with Crippen molar-refractivity contribution in [3.8, 4) is 0 Å². The van der Waals surface area contributed by atoms with Crippen molar-refractivity contribution < 1.29 is 8.78 Å². The van der Waals surface area contributed by atoms with Gasteiger partial charge in [-0.2, -0.15) is 0 Å². The fraction of sp³-hybridized carbons (Fsp3) is 0.286. The van der Waals surface area contributed by atoms with Crippen LogP contribution in [0.5, 0.6) is 0 Å². The first kappa shape index (κ1) is 10.0. The van der Waals surface area contributed by atoms with Crippen molar-refractivity contribution >= 4 is 17.2 Å². The molecule has 0 saturated heterocycles. The van der Waals surface area contributed by atoms with E-state index in [0.29, 0.717) is 4.68 Å². The molecule has 80 valence electrons. The van der Waals surface area contributed by atoms with Gasteiger partial charge in [-0.05, 0) is 0 Å². The summed E-state index contributed by atoms with van der Waals surface area (Å²) >= 11 is 5.64.